The fraction of sp³-hybridized carbons (Fsp3) is 0.429. The lowest BCUT2D eigenvalue weighted by Gasteiger charge is -2.06. The summed E-state index contributed by atoms with van der Waals surface area (Å²) in [5, 5.41) is 22.3. The Morgan fingerprint density at radius 1 is 1.38 bits per heavy atom. The van der Waals surface area contributed by atoms with Crippen molar-refractivity contribution in [2.75, 3.05) is 0 Å². The van der Waals surface area contributed by atoms with Crippen molar-refractivity contribution in [3.8, 4) is 0 Å². The first-order chi connectivity index (χ1) is 9.75. The zero-order valence-electron chi connectivity index (χ0n) is 11.7. The molecular weight excluding hydrogens is 276 g/mol. The van der Waals surface area contributed by atoms with Crippen molar-refractivity contribution in [1.82, 2.24) is 5.32 Å². The van der Waals surface area contributed by atoms with Gasteiger partial charge in [-0.05, 0) is 11.0 Å². The van der Waals surface area contributed by atoms with Gasteiger partial charge in [0.1, 0.15) is 0 Å². The van der Waals surface area contributed by atoms with E-state index in [2.05, 4.69) is 5.32 Å². The Labute approximate surface area is 121 Å². The molecule has 1 aliphatic carbocycles. The van der Waals surface area contributed by atoms with E-state index in [9.17, 15) is 19.7 Å². The summed E-state index contributed by atoms with van der Waals surface area (Å²) in [6.07, 6.45) is 0. The highest BCUT2D eigenvalue weighted by molar-refractivity contribution is 5.91. The van der Waals surface area contributed by atoms with Crippen LogP contribution in [0.2, 0.25) is 0 Å². The minimum Gasteiger partial charge on any atom is -0.481 e. The Hall–Kier alpha value is -2.44. The summed E-state index contributed by atoms with van der Waals surface area (Å²) in [5.41, 5.74) is -0.00158. The normalized spacial score (nSPS) is 22.4. The zero-order chi connectivity index (χ0) is 15.8. The molecule has 2 unspecified atom stereocenters. The van der Waals surface area contributed by atoms with Crippen LogP contribution in [0.1, 0.15) is 19.4 Å². The van der Waals surface area contributed by atoms with Crippen LogP contribution in [0.4, 0.5) is 5.69 Å². The molecule has 1 fully saturated rings. The summed E-state index contributed by atoms with van der Waals surface area (Å²) in [6, 6.07) is 5.96. The average Bonchev–Trinajstić information content (AvgIpc) is 2.99. The van der Waals surface area contributed by atoms with Gasteiger partial charge in [-0.15, -0.1) is 0 Å². The number of nitrogens with zero attached hydrogens (tertiary/aromatic N) is 1. The standard InChI is InChI=1S/C14H16N2O5/c1-14(2)10(11(14)13(18)19)12(17)15-7-8-4-3-5-9(6-8)16(20)21/h3-6,10-11H,7H2,1-2H3,(H,15,17)(H,18,19). The van der Waals surface area contributed by atoms with Crippen LogP contribution >= 0.6 is 0 Å². The second-order valence-electron chi connectivity index (χ2n) is 5.76. The fourth-order valence-corrected chi connectivity index (χ4v) is 2.67. The molecule has 0 aliphatic heterocycles. The number of aliphatic carboxylic acids is 1. The smallest absolute Gasteiger partial charge is 0.307 e. The molecule has 0 radical (unpaired) electrons. The lowest BCUT2D eigenvalue weighted by Crippen LogP contribution is -2.26. The average molecular weight is 292 g/mol. The number of carboxylic acid groups (broad SMARTS) is 1. The third-order valence-electron chi connectivity index (χ3n) is 3.96. The maximum Gasteiger partial charge on any atom is 0.307 e. The molecule has 2 N–H and O–H groups in total. The lowest BCUT2D eigenvalue weighted by molar-refractivity contribution is -0.384. The summed E-state index contributed by atoms with van der Waals surface area (Å²) in [7, 11) is 0. The molecule has 1 amide bonds. The molecular formula is C14H16N2O5. The second kappa shape index (κ2) is 5.16. The number of non-ortho nitro benzene ring substituents is 1. The quantitative estimate of drug-likeness (QED) is 0.632. The van der Waals surface area contributed by atoms with Crippen LogP contribution in [0.15, 0.2) is 24.3 Å². The number of amides is 1. The SMILES string of the molecule is CC1(C)C(C(=O)O)C1C(=O)NCc1cccc([N+](=O)[O-])c1. The van der Waals surface area contributed by atoms with Gasteiger partial charge in [0.15, 0.2) is 0 Å². The maximum absolute atomic E-state index is 12.0. The minimum atomic E-state index is -0.976. The Bertz CT molecular complexity index is 611. The van der Waals surface area contributed by atoms with Crippen molar-refractivity contribution in [3.63, 3.8) is 0 Å². The van der Waals surface area contributed by atoms with E-state index in [-0.39, 0.29) is 18.1 Å². The van der Waals surface area contributed by atoms with Crippen molar-refractivity contribution in [2.24, 2.45) is 17.3 Å². The molecule has 0 heterocycles. The van der Waals surface area contributed by atoms with Gasteiger partial charge in [-0.1, -0.05) is 26.0 Å². The van der Waals surface area contributed by atoms with Crippen molar-refractivity contribution >= 4 is 17.6 Å². The molecule has 7 heteroatoms. The molecule has 1 aromatic rings. The summed E-state index contributed by atoms with van der Waals surface area (Å²) in [4.78, 5) is 33.2. The molecule has 1 saturated carbocycles. The first kappa shape index (κ1) is 15.0. The highest BCUT2D eigenvalue weighted by Crippen LogP contribution is 2.58. The Balaban J connectivity index is 1.98. The van der Waals surface area contributed by atoms with Gasteiger partial charge in [0, 0.05) is 18.7 Å². The summed E-state index contributed by atoms with van der Waals surface area (Å²) < 4.78 is 0. The third kappa shape index (κ3) is 2.86. The third-order valence-corrected chi connectivity index (χ3v) is 3.96. The van der Waals surface area contributed by atoms with Crippen molar-refractivity contribution in [1.29, 1.82) is 0 Å². The van der Waals surface area contributed by atoms with E-state index >= 15 is 0 Å². The predicted molar refractivity (Wildman–Crippen MR) is 73.3 cm³/mol. The number of nitro groups is 1. The van der Waals surface area contributed by atoms with E-state index in [4.69, 9.17) is 5.11 Å². The summed E-state index contributed by atoms with van der Waals surface area (Å²) >= 11 is 0. The van der Waals surface area contributed by atoms with Crippen molar-refractivity contribution < 1.29 is 19.6 Å². The summed E-state index contributed by atoms with van der Waals surface area (Å²) in [5.74, 6) is -2.55. The number of hydrogen-bond donors (Lipinski definition) is 2. The Morgan fingerprint density at radius 3 is 2.57 bits per heavy atom. The van der Waals surface area contributed by atoms with Crippen LogP contribution in [0.25, 0.3) is 0 Å². The van der Waals surface area contributed by atoms with Gasteiger partial charge in [-0.25, -0.2) is 0 Å². The fourth-order valence-electron chi connectivity index (χ4n) is 2.67. The largest absolute Gasteiger partial charge is 0.481 e. The zero-order valence-corrected chi connectivity index (χ0v) is 11.7. The number of hydrogen-bond acceptors (Lipinski definition) is 4. The van der Waals surface area contributed by atoms with Crippen LogP contribution in [-0.2, 0) is 16.1 Å². The van der Waals surface area contributed by atoms with Gasteiger partial charge in [0.2, 0.25) is 5.91 Å². The topological polar surface area (TPSA) is 110 Å². The number of carboxylic acids is 1. The minimum absolute atomic E-state index is 0.0445. The molecule has 0 bridgehead atoms. The lowest BCUT2D eigenvalue weighted by atomic mass is 10.1. The number of nitrogens with one attached hydrogen (secondary N) is 1. The molecule has 0 spiro atoms. The number of carbonyl (C=O) groups excluding carboxylic acids is 1. The van der Waals surface area contributed by atoms with Crippen LogP contribution in [0.5, 0.6) is 0 Å². The van der Waals surface area contributed by atoms with Crippen molar-refractivity contribution in [3.05, 3.63) is 39.9 Å². The van der Waals surface area contributed by atoms with Crippen molar-refractivity contribution in [2.45, 2.75) is 20.4 Å². The molecule has 21 heavy (non-hydrogen) atoms. The molecule has 2 atom stereocenters. The Kier molecular flexibility index (Phi) is 3.67. The summed E-state index contributed by atoms with van der Waals surface area (Å²) in [6.45, 7) is 3.62. The number of rotatable bonds is 5. The van der Waals surface area contributed by atoms with Crippen LogP contribution < -0.4 is 5.32 Å². The molecule has 112 valence electrons. The maximum atomic E-state index is 12.0. The predicted octanol–water partition coefficient (Wildman–Crippen LogP) is 1.57. The monoisotopic (exact) mass is 292 g/mol. The highest BCUT2D eigenvalue weighted by atomic mass is 16.6. The molecule has 1 aromatic carbocycles. The van der Waals surface area contributed by atoms with Crippen LogP contribution in [-0.4, -0.2) is 21.9 Å². The van der Waals surface area contributed by atoms with E-state index in [0.29, 0.717) is 5.56 Å². The second-order valence-corrected chi connectivity index (χ2v) is 5.76. The number of carbonyl (C=O) groups is 2. The van der Waals surface area contributed by atoms with Gasteiger partial charge in [0.25, 0.3) is 5.69 Å². The molecule has 0 saturated heterocycles. The molecule has 2 rings (SSSR count). The first-order valence-corrected chi connectivity index (χ1v) is 6.49. The van der Waals surface area contributed by atoms with E-state index < -0.39 is 28.1 Å². The van der Waals surface area contributed by atoms with Gasteiger partial charge < -0.3 is 10.4 Å². The number of benzene rings is 1. The Morgan fingerprint density at radius 2 is 2.05 bits per heavy atom. The van der Waals surface area contributed by atoms with E-state index in [1.54, 1.807) is 26.0 Å². The van der Waals surface area contributed by atoms with Crippen LogP contribution in [0.3, 0.4) is 0 Å². The van der Waals surface area contributed by atoms with E-state index in [0.717, 1.165) is 0 Å². The van der Waals surface area contributed by atoms with Gasteiger partial charge in [0.05, 0.1) is 16.8 Å². The first-order valence-electron chi connectivity index (χ1n) is 6.49. The van der Waals surface area contributed by atoms with Gasteiger partial charge in [-0.3, -0.25) is 19.7 Å². The van der Waals surface area contributed by atoms with E-state index in [1.165, 1.54) is 12.1 Å². The van der Waals surface area contributed by atoms with Crippen LogP contribution in [0, 0.1) is 27.4 Å². The molecule has 0 aromatic heterocycles. The highest BCUT2D eigenvalue weighted by Gasteiger charge is 2.65. The molecule has 1 aliphatic rings. The van der Waals surface area contributed by atoms with Gasteiger partial charge in [-0.2, -0.15) is 0 Å². The number of nitro benzene ring substituents is 1. The van der Waals surface area contributed by atoms with E-state index in [1.807, 2.05) is 0 Å². The van der Waals surface area contributed by atoms with Gasteiger partial charge >= 0.3 is 5.97 Å². The molecule has 7 nitrogen and oxygen atoms in total.